The van der Waals surface area contributed by atoms with Crippen molar-refractivity contribution in [3.63, 3.8) is 0 Å². The smallest absolute Gasteiger partial charge is 0.341 e. The number of hydrogen-bond acceptors (Lipinski definition) is 11. The van der Waals surface area contributed by atoms with Crippen molar-refractivity contribution in [2.45, 2.75) is 13.1 Å². The minimum atomic E-state index is -3.88. The Labute approximate surface area is 313 Å². The molecule has 6 rings (SSSR count). The van der Waals surface area contributed by atoms with Crippen LogP contribution in [0.5, 0.6) is 11.5 Å². The van der Waals surface area contributed by atoms with Gasteiger partial charge in [-0.3, -0.25) is 19.0 Å². The second-order valence-electron chi connectivity index (χ2n) is 11.7. The van der Waals surface area contributed by atoms with Gasteiger partial charge in [0.2, 0.25) is 0 Å². The van der Waals surface area contributed by atoms with Crippen LogP contribution in [0.2, 0.25) is 0 Å². The van der Waals surface area contributed by atoms with Gasteiger partial charge in [0.25, 0.3) is 32.2 Å². The van der Waals surface area contributed by atoms with Gasteiger partial charge in [-0.25, -0.2) is 19.0 Å². The van der Waals surface area contributed by atoms with Crippen molar-refractivity contribution in [3.05, 3.63) is 140 Å². The van der Waals surface area contributed by atoms with Gasteiger partial charge >= 0.3 is 11.3 Å². The first-order valence-corrected chi connectivity index (χ1v) is 19.2. The molecule has 55 heavy (non-hydrogen) atoms. The molecule has 0 bridgehead atoms. The third kappa shape index (κ3) is 9.16. The van der Waals surface area contributed by atoms with Gasteiger partial charge in [-0.05, 0) is 60.7 Å². The molecule has 0 aliphatic rings. The minimum Gasteiger partial charge on any atom is -0.457 e. The van der Waals surface area contributed by atoms with Crippen LogP contribution < -0.4 is 45.5 Å². The highest BCUT2D eigenvalue weighted by Gasteiger charge is 2.18. The molecule has 0 unspecified atom stereocenters. The number of hydrogen-bond donors (Lipinski definition) is 6. The number of ether oxygens (including phenoxy) is 1. The Morgan fingerprint density at radius 2 is 0.982 bits per heavy atom. The summed E-state index contributed by atoms with van der Waals surface area (Å²) in [4.78, 5) is 51.5. The molecular formula is C36H32N6O11S2. The van der Waals surface area contributed by atoms with Crippen LogP contribution in [-0.4, -0.2) is 42.7 Å². The topological polar surface area (TPSA) is 244 Å². The fourth-order valence-corrected chi connectivity index (χ4v) is 6.39. The molecule has 284 valence electrons. The minimum absolute atomic E-state index is 0.0454. The Kier molecular flexibility index (Phi) is 11.0. The van der Waals surface area contributed by atoms with Crippen LogP contribution in [0.25, 0.3) is 21.9 Å². The van der Waals surface area contributed by atoms with E-state index in [1.165, 1.54) is 50.5 Å². The van der Waals surface area contributed by atoms with Gasteiger partial charge < -0.3 is 24.2 Å². The average molecular weight is 789 g/mol. The number of nitrogens with one attached hydrogen (secondary N) is 6. The van der Waals surface area contributed by atoms with Crippen LogP contribution in [0.3, 0.4) is 0 Å². The summed E-state index contributed by atoms with van der Waals surface area (Å²) in [5.74, 6) is -0.641. The first-order chi connectivity index (χ1) is 26.2. The molecule has 0 atom stereocenters. The maximum Gasteiger partial charge on any atom is 0.341 e. The first kappa shape index (κ1) is 38.2. The van der Waals surface area contributed by atoms with Gasteiger partial charge in [0.15, 0.2) is 0 Å². The molecule has 2 aromatic heterocycles. The number of para-hydroxylation sites is 2. The van der Waals surface area contributed by atoms with E-state index in [1.54, 1.807) is 60.7 Å². The Bertz CT molecular complexity index is 2610. The zero-order valence-corrected chi connectivity index (χ0v) is 30.6. The van der Waals surface area contributed by atoms with E-state index in [0.717, 1.165) is 0 Å². The molecule has 0 spiro atoms. The Morgan fingerprint density at radius 1 is 0.582 bits per heavy atom. The number of carbonyl (C=O) groups excluding carboxylic acids is 2. The van der Waals surface area contributed by atoms with E-state index in [2.05, 4.69) is 29.5 Å². The fourth-order valence-electron chi connectivity index (χ4n) is 5.25. The third-order valence-electron chi connectivity index (χ3n) is 8.04. The van der Waals surface area contributed by atoms with Crippen LogP contribution in [0, 0.1) is 0 Å². The van der Waals surface area contributed by atoms with E-state index in [9.17, 15) is 36.0 Å². The lowest BCUT2D eigenvalue weighted by Crippen LogP contribution is -2.30. The van der Waals surface area contributed by atoms with Crippen molar-refractivity contribution in [3.8, 4) is 11.5 Å². The molecule has 19 heteroatoms. The van der Waals surface area contributed by atoms with Crippen molar-refractivity contribution in [1.82, 2.24) is 20.1 Å². The highest BCUT2D eigenvalue weighted by Crippen LogP contribution is 2.28. The van der Waals surface area contributed by atoms with Gasteiger partial charge in [0.1, 0.15) is 22.7 Å². The lowest BCUT2D eigenvalue weighted by Gasteiger charge is -2.12. The Hall–Kier alpha value is -6.54. The largest absolute Gasteiger partial charge is 0.457 e. The summed E-state index contributed by atoms with van der Waals surface area (Å²) in [6.07, 6.45) is 0. The van der Waals surface area contributed by atoms with E-state index < -0.39 is 43.5 Å². The molecule has 0 radical (unpaired) electrons. The predicted octanol–water partition coefficient (Wildman–Crippen LogP) is 3.30. The summed E-state index contributed by atoms with van der Waals surface area (Å²) in [5, 5.41) is 6.28. The van der Waals surface area contributed by atoms with E-state index in [4.69, 9.17) is 13.6 Å². The standard InChI is InChI=1S/C36H32N6O11S2/c1-37-54(47,48)41-29-9-5-3-7-27(29)33(43)39-19-23-15-21-11-13-25(17-31(21)52-35(23)45)51-26-14-12-22-16-24(36(46)53-32(22)18-26)20-40-34(44)28-8-4-6-10-30(28)42-55(49,50)38-2/h3-18,37-38,41-42H,19-20H2,1-2H3,(H,39,43)(H,40,44). The quantitative estimate of drug-likeness (QED) is 0.0875. The van der Waals surface area contributed by atoms with Gasteiger partial charge in [0.05, 0.1) is 46.7 Å². The SMILES string of the molecule is CNS(=O)(=O)Nc1ccccc1C(=O)NCc1cc2ccc(Oc3ccc4cc(CNC(=O)c5ccccc5NS(=O)(=O)NC)c(=O)oc4c3)cc2oc1=O. The lowest BCUT2D eigenvalue weighted by atomic mass is 10.1. The summed E-state index contributed by atoms with van der Waals surface area (Å²) in [6.45, 7) is -0.401. The van der Waals surface area contributed by atoms with Gasteiger partial charge in [-0.2, -0.15) is 16.8 Å². The maximum absolute atomic E-state index is 12.9. The number of benzene rings is 4. The summed E-state index contributed by atoms with van der Waals surface area (Å²) in [7, 11) is -5.31. The number of fused-ring (bicyclic) bond motifs is 2. The molecule has 0 saturated heterocycles. The number of amides is 2. The number of carbonyl (C=O) groups is 2. The Morgan fingerprint density at radius 3 is 1.38 bits per heavy atom. The van der Waals surface area contributed by atoms with Crippen LogP contribution in [0.15, 0.2) is 115 Å². The van der Waals surface area contributed by atoms with E-state index in [1.807, 2.05) is 0 Å². The van der Waals surface area contributed by atoms with Crippen LogP contribution in [0.4, 0.5) is 11.4 Å². The molecule has 6 aromatic rings. The Balaban J connectivity index is 1.12. The maximum atomic E-state index is 12.9. The molecule has 2 heterocycles. The molecule has 4 aromatic carbocycles. The first-order valence-electron chi connectivity index (χ1n) is 16.2. The van der Waals surface area contributed by atoms with Crippen LogP contribution >= 0.6 is 0 Å². The molecule has 0 saturated carbocycles. The highest BCUT2D eigenvalue weighted by molar-refractivity contribution is 7.91. The third-order valence-corrected chi connectivity index (χ3v) is 10.1. The summed E-state index contributed by atoms with van der Waals surface area (Å²) >= 11 is 0. The fraction of sp³-hybridized carbons (Fsp3) is 0.111. The van der Waals surface area contributed by atoms with Crippen molar-refractivity contribution in [1.29, 1.82) is 0 Å². The molecule has 2 amide bonds. The molecule has 17 nitrogen and oxygen atoms in total. The molecule has 6 N–H and O–H groups in total. The van der Waals surface area contributed by atoms with Crippen molar-refractivity contribution < 1.29 is 40.0 Å². The summed E-state index contributed by atoms with van der Waals surface area (Å²) in [5.41, 5.74) is -0.545. The van der Waals surface area contributed by atoms with E-state index >= 15 is 0 Å². The zero-order valence-electron chi connectivity index (χ0n) is 29.0. The molecule has 0 fully saturated rings. The van der Waals surface area contributed by atoms with Gasteiger partial charge in [-0.15, -0.1) is 0 Å². The number of rotatable bonds is 14. The summed E-state index contributed by atoms with van der Waals surface area (Å²) in [6, 6.07) is 24.6. The molecular weight excluding hydrogens is 757 g/mol. The average Bonchev–Trinajstić information content (AvgIpc) is 3.16. The second-order valence-corrected chi connectivity index (χ2v) is 14.9. The van der Waals surface area contributed by atoms with Crippen molar-refractivity contribution in [2.24, 2.45) is 0 Å². The van der Waals surface area contributed by atoms with E-state index in [-0.39, 0.29) is 57.9 Å². The normalized spacial score (nSPS) is 11.6. The van der Waals surface area contributed by atoms with Gasteiger partial charge in [-0.1, -0.05) is 24.3 Å². The lowest BCUT2D eigenvalue weighted by molar-refractivity contribution is 0.0943. The number of anilines is 2. The van der Waals surface area contributed by atoms with Crippen LogP contribution in [0.1, 0.15) is 31.8 Å². The highest BCUT2D eigenvalue weighted by atomic mass is 32.2. The summed E-state index contributed by atoms with van der Waals surface area (Å²) < 4.78 is 73.5. The van der Waals surface area contributed by atoms with Crippen LogP contribution in [-0.2, 0) is 33.5 Å². The second kappa shape index (κ2) is 15.8. The van der Waals surface area contributed by atoms with Gasteiger partial charge in [0, 0.05) is 37.0 Å². The van der Waals surface area contributed by atoms with E-state index in [0.29, 0.717) is 22.3 Å². The zero-order chi connectivity index (χ0) is 39.3. The monoisotopic (exact) mass is 788 g/mol. The van der Waals surface area contributed by atoms with Crippen molar-refractivity contribution in [2.75, 3.05) is 23.5 Å². The molecule has 0 aliphatic heterocycles. The molecule has 0 aliphatic carbocycles. The predicted molar refractivity (Wildman–Crippen MR) is 203 cm³/mol. The van der Waals surface area contributed by atoms with Crippen molar-refractivity contribution >= 4 is 65.5 Å².